The van der Waals surface area contributed by atoms with Crippen LogP contribution in [-0.2, 0) is 0 Å². The van der Waals surface area contributed by atoms with E-state index < -0.39 is 5.97 Å². The summed E-state index contributed by atoms with van der Waals surface area (Å²) in [5, 5.41) is 12.1. The van der Waals surface area contributed by atoms with E-state index in [0.29, 0.717) is 10.3 Å². The fourth-order valence-electron chi connectivity index (χ4n) is 1.90. The summed E-state index contributed by atoms with van der Waals surface area (Å²) in [5.41, 5.74) is 2.56. The number of hydrogen-bond acceptors (Lipinski definition) is 4. The van der Waals surface area contributed by atoms with Crippen LogP contribution < -0.4 is 5.32 Å². The van der Waals surface area contributed by atoms with E-state index in [9.17, 15) is 4.79 Å². The summed E-state index contributed by atoms with van der Waals surface area (Å²) in [7, 11) is 0. The number of nitrogens with zero attached hydrogens (tertiary/aromatic N) is 2. The van der Waals surface area contributed by atoms with Crippen LogP contribution in [-0.4, -0.2) is 21.0 Å². The molecular weight excluding hydrogens is 334 g/mol. The van der Waals surface area contributed by atoms with Gasteiger partial charge in [-0.1, -0.05) is 12.1 Å². The van der Waals surface area contributed by atoms with Gasteiger partial charge in [0.1, 0.15) is 5.82 Å². The van der Waals surface area contributed by atoms with Crippen molar-refractivity contribution in [2.24, 2.45) is 0 Å². The standard InChI is InChI=1S/C15H10BrN3O2/c16-10-7-9(15(20)21)5-6-11(10)18-14-8-17-12-3-1-2-4-13(12)19-14/h1-8H,(H,18,19)(H,20,21). The molecule has 3 rings (SSSR count). The monoisotopic (exact) mass is 343 g/mol. The molecule has 0 unspecified atom stereocenters. The highest BCUT2D eigenvalue weighted by Crippen LogP contribution is 2.26. The van der Waals surface area contributed by atoms with Gasteiger partial charge < -0.3 is 10.4 Å². The number of anilines is 2. The molecule has 1 heterocycles. The van der Waals surface area contributed by atoms with Gasteiger partial charge >= 0.3 is 5.97 Å². The first-order chi connectivity index (χ1) is 10.1. The molecule has 0 atom stereocenters. The van der Waals surface area contributed by atoms with Crippen LogP contribution in [0.2, 0.25) is 0 Å². The molecule has 0 bridgehead atoms. The first kappa shape index (κ1) is 13.5. The number of hydrogen-bond donors (Lipinski definition) is 2. The molecule has 6 heteroatoms. The van der Waals surface area contributed by atoms with Crippen molar-refractivity contribution in [2.45, 2.75) is 0 Å². The third-order valence-corrected chi connectivity index (χ3v) is 3.58. The summed E-state index contributed by atoms with van der Waals surface area (Å²) >= 11 is 3.35. The van der Waals surface area contributed by atoms with Crippen molar-refractivity contribution < 1.29 is 9.90 Å². The number of benzene rings is 2. The van der Waals surface area contributed by atoms with Gasteiger partial charge in [0.15, 0.2) is 0 Å². The molecule has 0 radical (unpaired) electrons. The zero-order valence-corrected chi connectivity index (χ0v) is 12.3. The third kappa shape index (κ3) is 2.85. The van der Waals surface area contributed by atoms with Gasteiger partial charge in [-0.3, -0.25) is 4.98 Å². The maximum Gasteiger partial charge on any atom is 0.335 e. The zero-order chi connectivity index (χ0) is 14.8. The topological polar surface area (TPSA) is 75.1 Å². The number of aromatic nitrogens is 2. The number of carbonyl (C=O) groups is 1. The summed E-state index contributed by atoms with van der Waals surface area (Å²) in [6, 6.07) is 12.3. The minimum atomic E-state index is -0.965. The van der Waals surface area contributed by atoms with Crippen LogP contribution in [0, 0.1) is 0 Å². The second-order valence-corrected chi connectivity index (χ2v) is 5.22. The van der Waals surface area contributed by atoms with E-state index in [1.54, 1.807) is 18.3 Å². The summed E-state index contributed by atoms with van der Waals surface area (Å²) in [6.07, 6.45) is 1.64. The van der Waals surface area contributed by atoms with Gasteiger partial charge in [0.2, 0.25) is 0 Å². The first-order valence-electron chi connectivity index (χ1n) is 6.15. The number of para-hydroxylation sites is 2. The van der Waals surface area contributed by atoms with Crippen LogP contribution >= 0.6 is 15.9 Å². The predicted molar refractivity (Wildman–Crippen MR) is 83.9 cm³/mol. The van der Waals surface area contributed by atoms with Crippen LogP contribution in [0.1, 0.15) is 10.4 Å². The molecule has 0 aliphatic carbocycles. The van der Waals surface area contributed by atoms with Gasteiger partial charge in [0.05, 0.1) is 28.5 Å². The average molecular weight is 344 g/mol. The largest absolute Gasteiger partial charge is 0.478 e. The fraction of sp³-hybridized carbons (Fsp3) is 0. The normalized spacial score (nSPS) is 10.5. The van der Waals surface area contributed by atoms with Crippen molar-refractivity contribution in [1.29, 1.82) is 0 Å². The Morgan fingerprint density at radius 2 is 1.90 bits per heavy atom. The maximum absolute atomic E-state index is 10.9. The van der Waals surface area contributed by atoms with Crippen molar-refractivity contribution in [3.63, 3.8) is 0 Å². The molecule has 0 amide bonds. The maximum atomic E-state index is 10.9. The van der Waals surface area contributed by atoms with Crippen LogP contribution in [0.5, 0.6) is 0 Å². The van der Waals surface area contributed by atoms with E-state index in [-0.39, 0.29) is 5.56 Å². The molecule has 0 aliphatic rings. The highest BCUT2D eigenvalue weighted by Gasteiger charge is 2.08. The minimum Gasteiger partial charge on any atom is -0.478 e. The number of halogens is 1. The van der Waals surface area contributed by atoms with E-state index in [4.69, 9.17) is 5.11 Å². The lowest BCUT2D eigenvalue weighted by atomic mass is 10.2. The van der Waals surface area contributed by atoms with Crippen LogP contribution in [0.15, 0.2) is 53.1 Å². The molecule has 3 aromatic rings. The highest BCUT2D eigenvalue weighted by atomic mass is 79.9. The highest BCUT2D eigenvalue weighted by molar-refractivity contribution is 9.10. The molecular formula is C15H10BrN3O2. The van der Waals surface area contributed by atoms with Gasteiger partial charge in [0.25, 0.3) is 0 Å². The summed E-state index contributed by atoms with van der Waals surface area (Å²) < 4.78 is 0.650. The van der Waals surface area contributed by atoms with Gasteiger partial charge in [0, 0.05) is 4.47 Å². The van der Waals surface area contributed by atoms with Gasteiger partial charge in [-0.25, -0.2) is 9.78 Å². The van der Waals surface area contributed by atoms with E-state index in [0.717, 1.165) is 16.7 Å². The van der Waals surface area contributed by atoms with Crippen molar-refractivity contribution in [3.8, 4) is 0 Å². The second kappa shape index (κ2) is 5.49. The second-order valence-electron chi connectivity index (χ2n) is 4.37. The number of carboxylic acids is 1. The Bertz CT molecular complexity index is 836. The lowest BCUT2D eigenvalue weighted by molar-refractivity contribution is 0.0697. The Labute approximate surface area is 128 Å². The van der Waals surface area contributed by atoms with E-state index >= 15 is 0 Å². The van der Waals surface area contributed by atoms with Gasteiger partial charge in [-0.15, -0.1) is 0 Å². The van der Waals surface area contributed by atoms with Crippen LogP contribution in [0.3, 0.4) is 0 Å². The Balaban J connectivity index is 1.93. The summed E-state index contributed by atoms with van der Waals surface area (Å²) in [6.45, 7) is 0. The van der Waals surface area contributed by atoms with E-state index in [1.807, 2.05) is 24.3 Å². The van der Waals surface area contributed by atoms with Crippen LogP contribution in [0.4, 0.5) is 11.5 Å². The number of nitrogens with one attached hydrogen (secondary N) is 1. The molecule has 0 saturated carbocycles. The van der Waals surface area contributed by atoms with Crippen molar-refractivity contribution in [2.75, 3.05) is 5.32 Å². The Morgan fingerprint density at radius 3 is 2.62 bits per heavy atom. The molecule has 2 N–H and O–H groups in total. The van der Waals surface area contributed by atoms with Crippen molar-refractivity contribution >= 4 is 44.4 Å². The summed E-state index contributed by atoms with van der Waals surface area (Å²) in [4.78, 5) is 19.7. The Morgan fingerprint density at radius 1 is 1.14 bits per heavy atom. The third-order valence-electron chi connectivity index (χ3n) is 2.93. The number of carboxylic acid groups (broad SMARTS) is 1. The molecule has 21 heavy (non-hydrogen) atoms. The fourth-order valence-corrected chi connectivity index (χ4v) is 2.38. The quantitative estimate of drug-likeness (QED) is 0.755. The number of rotatable bonds is 3. The van der Waals surface area contributed by atoms with E-state index in [1.165, 1.54) is 6.07 Å². The molecule has 0 saturated heterocycles. The molecule has 1 aromatic heterocycles. The molecule has 104 valence electrons. The lowest BCUT2D eigenvalue weighted by Crippen LogP contribution is -1.99. The van der Waals surface area contributed by atoms with E-state index in [2.05, 4.69) is 31.2 Å². The molecule has 0 spiro atoms. The zero-order valence-electron chi connectivity index (χ0n) is 10.7. The molecule has 5 nitrogen and oxygen atoms in total. The first-order valence-corrected chi connectivity index (χ1v) is 6.94. The molecule has 0 aliphatic heterocycles. The average Bonchev–Trinajstić information content (AvgIpc) is 2.49. The van der Waals surface area contributed by atoms with Crippen molar-refractivity contribution in [3.05, 3.63) is 58.7 Å². The Hall–Kier alpha value is -2.47. The van der Waals surface area contributed by atoms with Crippen molar-refractivity contribution in [1.82, 2.24) is 9.97 Å². The summed E-state index contributed by atoms with van der Waals surface area (Å²) in [5.74, 6) is -0.370. The minimum absolute atomic E-state index is 0.219. The molecule has 2 aromatic carbocycles. The molecule has 0 fully saturated rings. The lowest BCUT2D eigenvalue weighted by Gasteiger charge is -2.09. The predicted octanol–water partition coefficient (Wildman–Crippen LogP) is 3.83. The number of fused-ring (bicyclic) bond motifs is 1. The SMILES string of the molecule is O=C(O)c1ccc(Nc2cnc3ccccc3n2)c(Br)c1. The number of aromatic carboxylic acids is 1. The van der Waals surface area contributed by atoms with Gasteiger partial charge in [-0.2, -0.15) is 0 Å². The van der Waals surface area contributed by atoms with Gasteiger partial charge in [-0.05, 0) is 46.3 Å². The van der Waals surface area contributed by atoms with Crippen LogP contribution in [0.25, 0.3) is 11.0 Å². The Kier molecular flexibility index (Phi) is 3.53. The smallest absolute Gasteiger partial charge is 0.335 e.